The molecule has 0 aromatic heterocycles. The van der Waals surface area contributed by atoms with Crippen LogP contribution in [0.15, 0.2) is 12.7 Å². The second-order valence-corrected chi connectivity index (χ2v) is 2.63. The van der Waals surface area contributed by atoms with Crippen LogP contribution in [0.3, 0.4) is 0 Å². The molecule has 0 heterocycles. The summed E-state index contributed by atoms with van der Waals surface area (Å²) >= 11 is 0. The van der Waals surface area contributed by atoms with Crippen molar-refractivity contribution in [3.63, 3.8) is 0 Å². The van der Waals surface area contributed by atoms with Crippen molar-refractivity contribution >= 4 is 0 Å². The first-order chi connectivity index (χ1) is 4.93. The van der Waals surface area contributed by atoms with Gasteiger partial charge in [0, 0.05) is 7.11 Å². The van der Waals surface area contributed by atoms with E-state index in [1.807, 2.05) is 0 Å². The van der Waals surface area contributed by atoms with Gasteiger partial charge in [-0.2, -0.15) is 0 Å². The van der Waals surface area contributed by atoms with E-state index in [4.69, 9.17) is 5.11 Å². The number of rotatable bonds is 1. The maximum Gasteiger partial charge on any atom is 0.0319 e. The van der Waals surface area contributed by atoms with E-state index in [0.717, 1.165) is 13.0 Å². The summed E-state index contributed by atoms with van der Waals surface area (Å²) in [4.78, 5) is 0. The first-order valence-corrected chi connectivity index (χ1v) is 4.01. The monoisotopic (exact) mass is 142 g/mol. The molecule has 0 aromatic rings. The Hall–Kier alpha value is -0.300. The molecule has 0 bridgehead atoms. The van der Waals surface area contributed by atoms with E-state index in [-0.39, 0.29) is 0 Å². The fourth-order valence-electron chi connectivity index (χ4n) is 1.37. The van der Waals surface area contributed by atoms with E-state index in [2.05, 4.69) is 12.7 Å². The number of aliphatic hydroxyl groups is 1. The minimum atomic E-state index is 0.851. The van der Waals surface area contributed by atoms with Crippen molar-refractivity contribution in [1.29, 1.82) is 0 Å². The number of allylic oxidation sites excluding steroid dienone is 1. The second-order valence-electron chi connectivity index (χ2n) is 2.63. The Morgan fingerprint density at radius 1 is 1.20 bits per heavy atom. The molecule has 0 aromatic carbocycles. The largest absolute Gasteiger partial charge is 0.400 e. The molecule has 0 radical (unpaired) electrons. The maximum atomic E-state index is 7.00. The molecule has 0 saturated heterocycles. The third-order valence-electron chi connectivity index (χ3n) is 1.98. The Kier molecular flexibility index (Phi) is 6.61. The molecule has 1 nitrogen and oxygen atoms in total. The van der Waals surface area contributed by atoms with Crippen LogP contribution >= 0.6 is 0 Å². The molecule has 60 valence electrons. The van der Waals surface area contributed by atoms with Gasteiger partial charge in [-0.25, -0.2) is 0 Å². The van der Waals surface area contributed by atoms with E-state index >= 15 is 0 Å². The smallest absolute Gasteiger partial charge is 0.0319 e. The van der Waals surface area contributed by atoms with Crippen molar-refractivity contribution in [2.75, 3.05) is 7.11 Å². The van der Waals surface area contributed by atoms with Gasteiger partial charge in [-0.1, -0.05) is 25.3 Å². The topological polar surface area (TPSA) is 20.2 Å². The van der Waals surface area contributed by atoms with Crippen molar-refractivity contribution < 1.29 is 5.11 Å². The number of hydrogen-bond donors (Lipinski definition) is 1. The van der Waals surface area contributed by atoms with Gasteiger partial charge in [-0.3, -0.25) is 0 Å². The van der Waals surface area contributed by atoms with Crippen LogP contribution in [0.1, 0.15) is 32.1 Å². The van der Waals surface area contributed by atoms with Crippen LogP contribution < -0.4 is 0 Å². The van der Waals surface area contributed by atoms with Crippen molar-refractivity contribution in [3.05, 3.63) is 12.7 Å². The van der Waals surface area contributed by atoms with E-state index in [9.17, 15) is 0 Å². The van der Waals surface area contributed by atoms with Crippen LogP contribution in [0, 0.1) is 5.92 Å². The van der Waals surface area contributed by atoms with Crippen molar-refractivity contribution in [2.24, 2.45) is 5.92 Å². The molecule has 1 aliphatic rings. The highest BCUT2D eigenvalue weighted by Crippen LogP contribution is 2.23. The molecule has 1 rings (SSSR count). The molecule has 0 amide bonds. The third-order valence-corrected chi connectivity index (χ3v) is 1.98. The van der Waals surface area contributed by atoms with Gasteiger partial charge in [0.1, 0.15) is 0 Å². The highest BCUT2D eigenvalue weighted by atomic mass is 16.2. The minimum absolute atomic E-state index is 0.851. The van der Waals surface area contributed by atoms with Crippen molar-refractivity contribution in [3.8, 4) is 0 Å². The minimum Gasteiger partial charge on any atom is -0.400 e. The average Bonchev–Trinajstić information content (AvgIpc) is 2.10. The lowest BCUT2D eigenvalue weighted by atomic mass is 9.90. The highest BCUT2D eigenvalue weighted by molar-refractivity contribution is 4.80. The first-order valence-electron chi connectivity index (χ1n) is 4.01. The van der Waals surface area contributed by atoms with Gasteiger partial charge in [0.2, 0.25) is 0 Å². The van der Waals surface area contributed by atoms with Crippen LogP contribution in [-0.2, 0) is 0 Å². The Bertz CT molecular complexity index is 72.8. The zero-order chi connectivity index (χ0) is 7.82. The fraction of sp³-hybridized carbons (Fsp3) is 0.778. The molecule has 0 atom stereocenters. The first kappa shape index (κ1) is 9.70. The Labute approximate surface area is 63.8 Å². The lowest BCUT2D eigenvalue weighted by molar-refractivity contribution is 0.399. The number of hydrogen-bond acceptors (Lipinski definition) is 1. The molecule has 1 saturated carbocycles. The molecule has 0 unspecified atom stereocenters. The molecule has 1 heteroatoms. The summed E-state index contributed by atoms with van der Waals surface area (Å²) in [7, 11) is 1.00. The normalized spacial score (nSPS) is 19.0. The van der Waals surface area contributed by atoms with Gasteiger partial charge in [-0.15, -0.1) is 6.58 Å². The van der Waals surface area contributed by atoms with Crippen molar-refractivity contribution in [1.82, 2.24) is 0 Å². The van der Waals surface area contributed by atoms with Gasteiger partial charge in [0.05, 0.1) is 0 Å². The molecule has 1 N–H and O–H groups in total. The summed E-state index contributed by atoms with van der Waals surface area (Å²) in [5, 5.41) is 7.00. The van der Waals surface area contributed by atoms with Gasteiger partial charge >= 0.3 is 0 Å². The fourth-order valence-corrected chi connectivity index (χ4v) is 1.37. The lowest BCUT2D eigenvalue weighted by Gasteiger charge is -2.16. The van der Waals surface area contributed by atoms with E-state index in [1.54, 1.807) is 0 Å². The third kappa shape index (κ3) is 3.67. The molecule has 1 fully saturated rings. The van der Waals surface area contributed by atoms with Gasteiger partial charge < -0.3 is 5.11 Å². The second kappa shape index (κ2) is 6.81. The summed E-state index contributed by atoms with van der Waals surface area (Å²) in [6.07, 6.45) is 9.20. The summed E-state index contributed by atoms with van der Waals surface area (Å²) < 4.78 is 0. The summed E-state index contributed by atoms with van der Waals surface area (Å²) in [5.74, 6) is 0.851. The Balaban J connectivity index is 0.000000371. The molecule has 1 aliphatic carbocycles. The van der Waals surface area contributed by atoms with Crippen LogP contribution in [-0.4, -0.2) is 12.2 Å². The van der Waals surface area contributed by atoms with E-state index in [1.165, 1.54) is 32.1 Å². The lowest BCUT2D eigenvalue weighted by Crippen LogP contribution is -2.01. The molecule has 0 spiro atoms. The number of aliphatic hydroxyl groups excluding tert-OH is 1. The summed E-state index contributed by atoms with van der Waals surface area (Å²) in [5.41, 5.74) is 0. The van der Waals surface area contributed by atoms with E-state index < -0.39 is 0 Å². The summed E-state index contributed by atoms with van der Waals surface area (Å²) in [6.45, 7) is 3.78. The predicted molar refractivity (Wildman–Crippen MR) is 44.9 cm³/mol. The van der Waals surface area contributed by atoms with Gasteiger partial charge in [0.15, 0.2) is 0 Å². The Morgan fingerprint density at radius 2 is 1.70 bits per heavy atom. The summed E-state index contributed by atoms with van der Waals surface area (Å²) in [6, 6.07) is 0. The molecule has 10 heavy (non-hydrogen) atoms. The zero-order valence-corrected chi connectivity index (χ0v) is 6.84. The molecular formula is C9H18O. The van der Waals surface area contributed by atoms with Gasteiger partial charge in [-0.05, 0) is 18.8 Å². The molecular weight excluding hydrogens is 124 g/mol. The quantitative estimate of drug-likeness (QED) is 0.557. The maximum absolute atomic E-state index is 7.00. The molecule has 0 aliphatic heterocycles. The standard InChI is InChI=1S/C8H14.CH4O/c1-2-8-6-4-3-5-7-8;1-2/h2,8H,1,3-7H2;2H,1H3. The van der Waals surface area contributed by atoms with Crippen molar-refractivity contribution in [2.45, 2.75) is 32.1 Å². The van der Waals surface area contributed by atoms with Crippen LogP contribution in [0.2, 0.25) is 0 Å². The van der Waals surface area contributed by atoms with Crippen LogP contribution in [0.5, 0.6) is 0 Å². The SMILES string of the molecule is C=CC1CCCCC1.CO. The van der Waals surface area contributed by atoms with Gasteiger partial charge in [0.25, 0.3) is 0 Å². The van der Waals surface area contributed by atoms with E-state index in [0.29, 0.717) is 0 Å². The van der Waals surface area contributed by atoms with Crippen LogP contribution in [0.4, 0.5) is 0 Å². The predicted octanol–water partition coefficient (Wildman–Crippen LogP) is 2.36. The Morgan fingerprint density at radius 3 is 2.00 bits per heavy atom. The zero-order valence-electron chi connectivity index (χ0n) is 6.84. The van der Waals surface area contributed by atoms with Crippen LogP contribution in [0.25, 0.3) is 0 Å². The average molecular weight is 142 g/mol. The highest BCUT2D eigenvalue weighted by Gasteiger charge is 2.07.